The van der Waals surface area contributed by atoms with Crippen molar-refractivity contribution in [1.82, 2.24) is 0 Å². The van der Waals surface area contributed by atoms with Gasteiger partial charge >= 0.3 is 71.4 Å². The van der Waals surface area contributed by atoms with E-state index in [-0.39, 0.29) is 59.1 Å². The van der Waals surface area contributed by atoms with Gasteiger partial charge in [-0.1, -0.05) is 0 Å². The molecule has 0 atom stereocenters. The Kier molecular flexibility index (Phi) is 34.5. The molecule has 9 heteroatoms. The van der Waals surface area contributed by atoms with Crippen LogP contribution >= 0.6 is 0 Å². The van der Waals surface area contributed by atoms with Crippen molar-refractivity contribution < 1.29 is 35.1 Å². The number of rotatable bonds is 0. The molecule has 4 N–H and O–H groups in total. The van der Waals surface area contributed by atoms with Gasteiger partial charge in [0.15, 0.2) is 0 Å². The number of carbonyl (C=O) groups is 2. The molecule has 0 aliphatic heterocycles. The molecule has 0 aromatic heterocycles. The molecule has 0 aliphatic carbocycles. The predicted octanol–water partition coefficient (Wildman–Crippen LogP) is -0.921. The molecule has 0 saturated carbocycles. The number of carboxylic acid groups (broad SMARTS) is 3. The predicted molar refractivity (Wildman–Crippen MR) is 36.7 cm³/mol. The third kappa shape index (κ3) is 121. The molecule has 11 heavy (non-hydrogen) atoms. The zero-order valence-corrected chi connectivity index (χ0v) is 4.01. The number of hydrogen-bond acceptors (Lipinski definition) is 4. The van der Waals surface area contributed by atoms with Gasteiger partial charge < -0.3 is 15.3 Å². The third-order valence-electron chi connectivity index (χ3n) is 0.0781. The van der Waals surface area contributed by atoms with Gasteiger partial charge in [-0.25, -0.2) is 9.59 Å². The van der Waals surface area contributed by atoms with Gasteiger partial charge in [0.1, 0.15) is 0 Å². The van der Waals surface area contributed by atoms with E-state index in [4.69, 9.17) is 30.2 Å². The van der Waals surface area contributed by atoms with Crippen molar-refractivity contribution in [3.05, 3.63) is 0 Å². The van der Waals surface area contributed by atoms with Crippen molar-refractivity contribution in [3.63, 3.8) is 0 Å². The maximum absolute atomic E-state index is 8.90. The third-order valence-corrected chi connectivity index (χ3v) is 0.0781. The van der Waals surface area contributed by atoms with Crippen LogP contribution in [0.15, 0.2) is 0 Å². The fourth-order valence-electron chi connectivity index (χ4n) is 0. The summed E-state index contributed by atoms with van der Waals surface area (Å²) in [4.78, 5) is 20.1. The second kappa shape index (κ2) is 16.8. The molecule has 0 rings (SSSR count). The molecule has 0 aliphatic rings. The standard InChI is InChI=1S/CH2O4.CH2O3.2Na.2H/c2-1(3)5-4;2-1(3)4;;;;/h4H,(H,2,3);(H2,2,3,4);;;;. The Labute approximate surface area is 105 Å². The fourth-order valence-corrected chi connectivity index (χ4v) is 0. The zero-order valence-electron chi connectivity index (χ0n) is 4.01. The molecule has 0 aromatic rings. The molecular weight excluding hydrogens is 182 g/mol. The van der Waals surface area contributed by atoms with Crippen molar-refractivity contribution in [2.75, 3.05) is 0 Å². The van der Waals surface area contributed by atoms with Gasteiger partial charge in [-0.15, -0.1) is 0 Å². The summed E-state index contributed by atoms with van der Waals surface area (Å²) in [5.41, 5.74) is 0. The van der Waals surface area contributed by atoms with Crippen LogP contribution < -0.4 is 0 Å². The molecule has 58 valence electrons. The van der Waals surface area contributed by atoms with Crippen LogP contribution in [-0.4, -0.2) is 92.0 Å². The Balaban J connectivity index is -0.0000000383. The van der Waals surface area contributed by atoms with E-state index in [9.17, 15) is 0 Å². The Bertz CT molecular complexity index is 98.6. The summed E-state index contributed by atoms with van der Waals surface area (Å²) in [5.74, 6) is 0. The van der Waals surface area contributed by atoms with E-state index in [1.54, 1.807) is 0 Å². The molecule has 0 heterocycles. The van der Waals surface area contributed by atoms with Crippen molar-refractivity contribution in [1.29, 1.82) is 0 Å². The first-order valence-corrected chi connectivity index (χ1v) is 1.47. The molecule has 0 aromatic carbocycles. The van der Waals surface area contributed by atoms with Crippen LogP contribution in [-0.2, 0) is 4.89 Å². The quantitative estimate of drug-likeness (QED) is 0.220. The SMILES string of the molecule is O=C(O)O.O=C(O)OO.[NaH].[NaH]. The van der Waals surface area contributed by atoms with Crippen LogP contribution in [0, 0.1) is 0 Å². The van der Waals surface area contributed by atoms with E-state index < -0.39 is 12.3 Å². The molecule has 0 spiro atoms. The Morgan fingerprint density at radius 2 is 1.09 bits per heavy atom. The average molecular weight is 188 g/mol. The van der Waals surface area contributed by atoms with Crippen LogP contribution in [0.1, 0.15) is 0 Å². The minimum atomic E-state index is -1.83. The Hall–Kier alpha value is 0.500. The Morgan fingerprint density at radius 3 is 1.09 bits per heavy atom. The van der Waals surface area contributed by atoms with Gasteiger partial charge in [0.2, 0.25) is 0 Å². The monoisotopic (exact) mass is 188 g/mol. The summed E-state index contributed by atoms with van der Waals surface area (Å²) in [6.07, 6.45) is -3.52. The normalized spacial score (nSPS) is 5.18. The van der Waals surface area contributed by atoms with E-state index in [0.717, 1.165) is 0 Å². The molecular formula is C2H6Na2O7. The van der Waals surface area contributed by atoms with Gasteiger partial charge in [0.05, 0.1) is 0 Å². The van der Waals surface area contributed by atoms with Crippen LogP contribution in [0.25, 0.3) is 0 Å². The topological polar surface area (TPSA) is 124 Å². The summed E-state index contributed by atoms with van der Waals surface area (Å²) >= 11 is 0. The van der Waals surface area contributed by atoms with Gasteiger partial charge in [-0.2, -0.15) is 5.26 Å². The zero-order chi connectivity index (χ0) is 7.86. The summed E-state index contributed by atoms with van der Waals surface area (Å²) in [6, 6.07) is 0. The molecule has 0 fully saturated rings. The number of hydrogen-bond donors (Lipinski definition) is 4. The van der Waals surface area contributed by atoms with Crippen molar-refractivity contribution in [3.8, 4) is 0 Å². The van der Waals surface area contributed by atoms with Crippen LogP contribution in [0.5, 0.6) is 0 Å². The molecule has 0 unspecified atom stereocenters. The van der Waals surface area contributed by atoms with Crippen molar-refractivity contribution >= 4 is 71.4 Å². The Morgan fingerprint density at radius 1 is 1.00 bits per heavy atom. The first kappa shape index (κ1) is 22.5. The first-order chi connectivity index (χ1) is 4.00. The summed E-state index contributed by atoms with van der Waals surface area (Å²) in [5, 5.41) is 28.2. The van der Waals surface area contributed by atoms with Crippen LogP contribution in [0.3, 0.4) is 0 Å². The van der Waals surface area contributed by atoms with E-state index >= 15 is 0 Å². The van der Waals surface area contributed by atoms with Gasteiger partial charge in [-0.05, 0) is 0 Å². The molecule has 0 bridgehead atoms. The molecule has 7 nitrogen and oxygen atoms in total. The van der Waals surface area contributed by atoms with Crippen molar-refractivity contribution in [2.45, 2.75) is 0 Å². The first-order valence-electron chi connectivity index (χ1n) is 1.47. The summed E-state index contributed by atoms with van der Waals surface area (Å²) in [7, 11) is 0. The molecule has 0 radical (unpaired) electrons. The summed E-state index contributed by atoms with van der Waals surface area (Å²) < 4.78 is 0. The molecule has 0 amide bonds. The second-order valence-electron chi connectivity index (χ2n) is 0.640. The molecule has 0 saturated heterocycles. The van der Waals surface area contributed by atoms with Crippen LogP contribution in [0.2, 0.25) is 0 Å². The van der Waals surface area contributed by atoms with E-state index in [0.29, 0.717) is 0 Å². The van der Waals surface area contributed by atoms with Gasteiger partial charge in [-0.3, -0.25) is 4.89 Å². The van der Waals surface area contributed by atoms with E-state index in [1.807, 2.05) is 0 Å². The summed E-state index contributed by atoms with van der Waals surface area (Å²) in [6.45, 7) is 0. The second-order valence-corrected chi connectivity index (χ2v) is 0.640. The van der Waals surface area contributed by atoms with Gasteiger partial charge in [0.25, 0.3) is 0 Å². The average Bonchev–Trinajstić information content (AvgIpc) is 1.65. The fraction of sp³-hybridized carbons (Fsp3) is 0. The van der Waals surface area contributed by atoms with Crippen molar-refractivity contribution in [2.24, 2.45) is 0 Å². The van der Waals surface area contributed by atoms with Crippen LogP contribution in [0.4, 0.5) is 9.59 Å². The minimum absolute atomic E-state index is 0. The van der Waals surface area contributed by atoms with E-state index in [1.165, 1.54) is 0 Å². The maximum atomic E-state index is 8.90. The van der Waals surface area contributed by atoms with E-state index in [2.05, 4.69) is 4.89 Å². The van der Waals surface area contributed by atoms with Gasteiger partial charge in [0, 0.05) is 0 Å².